The highest BCUT2D eigenvalue weighted by atomic mass is 14.0. The quantitative estimate of drug-likeness (QED) is 0.658. The van der Waals surface area contributed by atoms with Crippen molar-refractivity contribution in [2.24, 2.45) is 0 Å². The Morgan fingerprint density at radius 2 is 1.37 bits per heavy atom. The molecule has 19 heavy (non-hydrogen) atoms. The molecular weight excluding hydrogens is 228 g/mol. The molecule has 2 aromatic rings. The Balaban J connectivity index is 2.27. The second kappa shape index (κ2) is 7.10. The lowest BCUT2D eigenvalue weighted by Crippen LogP contribution is -1.83. The number of benzene rings is 2. The molecule has 0 atom stereocenters. The van der Waals surface area contributed by atoms with Crippen molar-refractivity contribution >= 4 is 0 Å². The molecule has 0 radical (unpaired) electrons. The maximum Gasteiger partial charge on any atom is 0.0405 e. The summed E-state index contributed by atoms with van der Waals surface area (Å²) in [6, 6.07) is 18.1. The van der Waals surface area contributed by atoms with Crippen molar-refractivity contribution in [1.29, 1.82) is 0 Å². The largest absolute Gasteiger partial charge is 0.0979 e. The minimum atomic E-state index is 0.931. The van der Waals surface area contributed by atoms with Gasteiger partial charge in [-0.3, -0.25) is 0 Å². The van der Waals surface area contributed by atoms with E-state index >= 15 is 0 Å². The van der Waals surface area contributed by atoms with Crippen LogP contribution in [0.1, 0.15) is 36.5 Å². The summed E-state index contributed by atoms with van der Waals surface area (Å²) in [6.45, 7) is 2.13. The van der Waals surface area contributed by atoms with Gasteiger partial charge in [0, 0.05) is 23.1 Å². The van der Waals surface area contributed by atoms with Gasteiger partial charge in [-0.2, -0.15) is 0 Å². The fourth-order valence-electron chi connectivity index (χ4n) is 1.64. The van der Waals surface area contributed by atoms with E-state index in [4.69, 9.17) is 0 Å². The van der Waals surface area contributed by atoms with Crippen LogP contribution >= 0.6 is 0 Å². The summed E-state index contributed by atoms with van der Waals surface area (Å²) in [5.74, 6) is 12.7. The maximum absolute atomic E-state index is 3.20. The van der Waals surface area contributed by atoms with Crippen molar-refractivity contribution in [3.63, 3.8) is 0 Å². The molecule has 92 valence electrons. The normalized spacial score (nSPS) is 8.89. The van der Waals surface area contributed by atoms with E-state index in [1.165, 1.54) is 0 Å². The summed E-state index contributed by atoms with van der Waals surface area (Å²) in [4.78, 5) is 0. The number of rotatable bonds is 1. The first-order valence-corrected chi connectivity index (χ1v) is 6.55. The first kappa shape index (κ1) is 13.0. The molecular formula is C19H16. The predicted molar refractivity (Wildman–Crippen MR) is 80.7 cm³/mol. The Morgan fingerprint density at radius 3 is 2.05 bits per heavy atom. The van der Waals surface area contributed by atoms with Crippen molar-refractivity contribution in [2.45, 2.75) is 19.8 Å². The van der Waals surface area contributed by atoms with Crippen LogP contribution in [0, 0.1) is 23.7 Å². The number of hydrogen-bond donors (Lipinski definition) is 0. The highest BCUT2D eigenvalue weighted by Crippen LogP contribution is 2.06. The highest BCUT2D eigenvalue weighted by molar-refractivity contribution is 5.52. The summed E-state index contributed by atoms with van der Waals surface area (Å²) >= 11 is 0. The molecule has 0 unspecified atom stereocenters. The van der Waals surface area contributed by atoms with Crippen LogP contribution in [0.5, 0.6) is 0 Å². The third kappa shape index (κ3) is 4.06. The monoisotopic (exact) mass is 244 g/mol. The van der Waals surface area contributed by atoms with Crippen molar-refractivity contribution in [1.82, 2.24) is 0 Å². The molecule has 0 aliphatic heterocycles. The number of hydrogen-bond acceptors (Lipinski definition) is 0. The Morgan fingerprint density at radius 1 is 0.737 bits per heavy atom. The molecule has 0 bridgehead atoms. The summed E-state index contributed by atoms with van der Waals surface area (Å²) < 4.78 is 0. The second-order valence-electron chi connectivity index (χ2n) is 4.21. The Kier molecular flexibility index (Phi) is 4.86. The molecule has 2 rings (SSSR count). The smallest absolute Gasteiger partial charge is 0.0405 e. The highest BCUT2D eigenvalue weighted by Gasteiger charge is 1.94. The molecule has 0 saturated heterocycles. The van der Waals surface area contributed by atoms with Gasteiger partial charge in [-0.15, -0.1) is 0 Å². The van der Waals surface area contributed by atoms with Gasteiger partial charge in [-0.05, 0) is 30.7 Å². The van der Waals surface area contributed by atoms with Gasteiger partial charge in [0.05, 0.1) is 0 Å². The lowest BCUT2D eigenvalue weighted by Gasteiger charge is -1.95. The Labute approximate surface area is 115 Å². The minimum Gasteiger partial charge on any atom is -0.0979 e. The van der Waals surface area contributed by atoms with E-state index in [1.54, 1.807) is 0 Å². The summed E-state index contributed by atoms with van der Waals surface area (Å²) in [5, 5.41) is 0. The average Bonchev–Trinajstić information content (AvgIpc) is 2.48. The average molecular weight is 244 g/mol. The molecule has 2 aromatic carbocycles. The van der Waals surface area contributed by atoms with Gasteiger partial charge in [-0.1, -0.05) is 60.9 Å². The van der Waals surface area contributed by atoms with Gasteiger partial charge >= 0.3 is 0 Å². The fourth-order valence-corrected chi connectivity index (χ4v) is 1.64. The van der Waals surface area contributed by atoms with E-state index in [9.17, 15) is 0 Å². The molecule has 0 aliphatic rings. The third-order valence-corrected chi connectivity index (χ3v) is 2.64. The first-order valence-electron chi connectivity index (χ1n) is 6.55. The van der Waals surface area contributed by atoms with Crippen molar-refractivity contribution in [2.75, 3.05) is 0 Å². The molecule has 0 heterocycles. The van der Waals surface area contributed by atoms with E-state index < -0.39 is 0 Å². The molecule has 0 aromatic heterocycles. The van der Waals surface area contributed by atoms with Crippen LogP contribution in [0.3, 0.4) is 0 Å². The van der Waals surface area contributed by atoms with Crippen LogP contribution in [-0.4, -0.2) is 0 Å². The molecule has 0 heteroatoms. The van der Waals surface area contributed by atoms with Crippen LogP contribution < -0.4 is 0 Å². The minimum absolute atomic E-state index is 0.931. The van der Waals surface area contributed by atoms with Crippen molar-refractivity contribution in [3.05, 3.63) is 71.3 Å². The standard InChI is InChI=1S/C19H16/c1-2-3-5-12-18-13-8-9-14-19(18)16-15-17-10-6-4-7-11-17/h4,6-11,13-14H,2-3H2,1H3. The molecule has 0 nitrogen and oxygen atoms in total. The predicted octanol–water partition coefficient (Wildman–Crippen LogP) is 4.24. The summed E-state index contributed by atoms with van der Waals surface area (Å²) in [5.41, 5.74) is 3.04. The number of unbranched alkanes of at least 4 members (excludes halogenated alkanes) is 1. The van der Waals surface area contributed by atoms with Gasteiger partial charge in [-0.25, -0.2) is 0 Å². The van der Waals surface area contributed by atoms with E-state index in [1.807, 2.05) is 54.6 Å². The Hall–Kier alpha value is -2.44. The maximum atomic E-state index is 3.20. The third-order valence-electron chi connectivity index (χ3n) is 2.64. The molecule has 0 spiro atoms. The van der Waals surface area contributed by atoms with Gasteiger partial charge in [0.1, 0.15) is 0 Å². The zero-order chi connectivity index (χ0) is 13.3. The molecule has 0 amide bonds. The first-order chi connectivity index (χ1) is 9.40. The van der Waals surface area contributed by atoms with Crippen molar-refractivity contribution in [3.8, 4) is 23.7 Å². The van der Waals surface area contributed by atoms with E-state index in [0.29, 0.717) is 0 Å². The van der Waals surface area contributed by atoms with E-state index in [0.717, 1.165) is 29.5 Å². The second-order valence-corrected chi connectivity index (χ2v) is 4.21. The van der Waals surface area contributed by atoms with Crippen LogP contribution in [0.25, 0.3) is 0 Å². The lowest BCUT2D eigenvalue weighted by atomic mass is 10.1. The van der Waals surface area contributed by atoms with Crippen LogP contribution in [-0.2, 0) is 0 Å². The SMILES string of the molecule is CCCC#Cc1ccccc1C#Cc1ccccc1. The fraction of sp³-hybridized carbons (Fsp3) is 0.158. The van der Waals surface area contributed by atoms with Gasteiger partial charge in [0.25, 0.3) is 0 Å². The van der Waals surface area contributed by atoms with Crippen molar-refractivity contribution < 1.29 is 0 Å². The summed E-state index contributed by atoms with van der Waals surface area (Å²) in [6.07, 6.45) is 2.02. The van der Waals surface area contributed by atoms with Gasteiger partial charge < -0.3 is 0 Å². The summed E-state index contributed by atoms with van der Waals surface area (Å²) in [7, 11) is 0. The topological polar surface area (TPSA) is 0 Å². The zero-order valence-corrected chi connectivity index (χ0v) is 11.1. The van der Waals surface area contributed by atoms with Gasteiger partial charge in [0.15, 0.2) is 0 Å². The van der Waals surface area contributed by atoms with E-state index in [2.05, 4.69) is 30.6 Å². The van der Waals surface area contributed by atoms with Crippen LogP contribution in [0.2, 0.25) is 0 Å². The molecule has 0 N–H and O–H groups in total. The molecule has 0 aliphatic carbocycles. The molecule has 0 saturated carbocycles. The lowest BCUT2D eigenvalue weighted by molar-refractivity contribution is 0.983. The molecule has 0 fully saturated rings. The van der Waals surface area contributed by atoms with E-state index in [-0.39, 0.29) is 0 Å². The zero-order valence-electron chi connectivity index (χ0n) is 11.1. The van der Waals surface area contributed by atoms with Gasteiger partial charge in [0.2, 0.25) is 0 Å². The Bertz CT molecular complexity index is 643. The van der Waals surface area contributed by atoms with Crippen LogP contribution in [0.15, 0.2) is 54.6 Å². The van der Waals surface area contributed by atoms with Crippen LogP contribution in [0.4, 0.5) is 0 Å².